The van der Waals surface area contributed by atoms with Crippen LogP contribution in [0.5, 0.6) is 11.6 Å². The van der Waals surface area contributed by atoms with Gasteiger partial charge in [0.1, 0.15) is 12.1 Å². The van der Waals surface area contributed by atoms with Crippen molar-refractivity contribution in [2.75, 3.05) is 18.9 Å². The highest BCUT2D eigenvalue weighted by Gasteiger charge is 2.13. The number of fused-ring (bicyclic) bond motifs is 1. The molecule has 0 fully saturated rings. The Morgan fingerprint density at radius 3 is 2.84 bits per heavy atom. The first-order valence-electron chi connectivity index (χ1n) is 10.1. The van der Waals surface area contributed by atoms with Gasteiger partial charge < -0.3 is 10.1 Å². The number of rotatable bonds is 7. The number of amides is 1. The van der Waals surface area contributed by atoms with Gasteiger partial charge in [0.2, 0.25) is 5.88 Å². The summed E-state index contributed by atoms with van der Waals surface area (Å²) < 4.78 is 7.45. The maximum absolute atomic E-state index is 12.7. The summed E-state index contributed by atoms with van der Waals surface area (Å²) >= 11 is 0. The average Bonchev–Trinajstić information content (AvgIpc) is 3.39. The predicted molar refractivity (Wildman–Crippen MR) is 119 cm³/mol. The van der Waals surface area contributed by atoms with Crippen molar-refractivity contribution in [3.63, 3.8) is 0 Å². The molecule has 0 saturated carbocycles. The normalized spacial score (nSPS) is 11.2. The monoisotopic (exact) mass is 419 g/mol. The Bertz CT molecular complexity index is 1200. The summed E-state index contributed by atoms with van der Waals surface area (Å²) in [4.78, 5) is 21.1. The van der Waals surface area contributed by atoms with E-state index in [4.69, 9.17) is 4.74 Å². The molecule has 0 radical (unpaired) electrons. The molecule has 9 nitrogen and oxygen atoms in total. The summed E-state index contributed by atoms with van der Waals surface area (Å²) in [6.07, 6.45) is 4.01. The molecule has 3 heterocycles. The van der Waals surface area contributed by atoms with Crippen LogP contribution in [0, 0.1) is 0 Å². The smallest absolute Gasteiger partial charge is 0.331 e. The molecule has 160 valence electrons. The number of carbonyl (C=O) groups excluding carboxylic acids is 1. The molecule has 0 aliphatic heterocycles. The molecular weight excluding hydrogens is 394 g/mol. The molecule has 4 aromatic rings. The summed E-state index contributed by atoms with van der Waals surface area (Å²) in [6, 6.07) is 10.8. The van der Waals surface area contributed by atoms with E-state index in [2.05, 4.69) is 44.6 Å². The number of hydrogen-bond donors (Lipinski definition) is 3. The van der Waals surface area contributed by atoms with Crippen LogP contribution >= 0.6 is 0 Å². The number of carbonyl (C=O) groups is 1. The Balaban J connectivity index is 1.49. The first kappa shape index (κ1) is 20.5. The van der Waals surface area contributed by atoms with E-state index in [1.54, 1.807) is 10.8 Å². The molecule has 0 bridgehead atoms. The summed E-state index contributed by atoms with van der Waals surface area (Å²) in [7, 11) is 1.90. The number of ether oxygens (including phenoxy) is 1. The Hall–Kier alpha value is -3.72. The fraction of sp³-hybridized carbons (Fsp3) is 0.273. The maximum Gasteiger partial charge on any atom is 0.331 e. The third-order valence-electron chi connectivity index (χ3n) is 4.89. The van der Waals surface area contributed by atoms with Gasteiger partial charge in [0, 0.05) is 48.1 Å². The van der Waals surface area contributed by atoms with E-state index in [1.807, 2.05) is 43.4 Å². The third-order valence-corrected chi connectivity index (χ3v) is 4.89. The number of nitrogens with one attached hydrogen (secondary N) is 3. The highest BCUT2D eigenvalue weighted by Crippen LogP contribution is 2.26. The first-order valence-corrected chi connectivity index (χ1v) is 10.1. The van der Waals surface area contributed by atoms with Gasteiger partial charge in [-0.1, -0.05) is 13.8 Å². The van der Waals surface area contributed by atoms with Crippen molar-refractivity contribution in [3.05, 3.63) is 60.3 Å². The van der Waals surface area contributed by atoms with Crippen LogP contribution in [0.3, 0.4) is 0 Å². The van der Waals surface area contributed by atoms with Gasteiger partial charge in [-0.3, -0.25) is 15.0 Å². The van der Waals surface area contributed by atoms with Crippen LogP contribution in [0.4, 0.5) is 10.6 Å². The highest BCUT2D eigenvalue weighted by atomic mass is 16.5. The number of anilines is 1. The third kappa shape index (κ3) is 4.72. The summed E-state index contributed by atoms with van der Waals surface area (Å²) in [5.74, 6) is 1.92. The Morgan fingerprint density at radius 2 is 2.06 bits per heavy atom. The second kappa shape index (κ2) is 8.97. The molecule has 0 aliphatic carbocycles. The van der Waals surface area contributed by atoms with Gasteiger partial charge >= 0.3 is 6.03 Å². The fourth-order valence-corrected chi connectivity index (χ4v) is 3.17. The van der Waals surface area contributed by atoms with Crippen molar-refractivity contribution >= 4 is 22.8 Å². The lowest BCUT2D eigenvalue weighted by molar-refractivity contribution is 0.254. The lowest BCUT2D eigenvalue weighted by Crippen LogP contribution is -2.18. The van der Waals surface area contributed by atoms with E-state index in [0.29, 0.717) is 23.4 Å². The summed E-state index contributed by atoms with van der Waals surface area (Å²) in [5, 5.41) is 13.9. The largest absolute Gasteiger partial charge is 0.439 e. The van der Waals surface area contributed by atoms with Gasteiger partial charge in [0.15, 0.2) is 5.82 Å². The van der Waals surface area contributed by atoms with Crippen LogP contribution in [0.1, 0.15) is 31.2 Å². The number of aromatic nitrogens is 5. The van der Waals surface area contributed by atoms with Crippen molar-refractivity contribution in [2.24, 2.45) is 0 Å². The minimum absolute atomic E-state index is 0.282. The Kier molecular flexibility index (Phi) is 5.94. The predicted octanol–water partition coefficient (Wildman–Crippen LogP) is 3.91. The molecule has 0 spiro atoms. The van der Waals surface area contributed by atoms with E-state index in [-0.39, 0.29) is 6.03 Å². The van der Waals surface area contributed by atoms with Crippen LogP contribution < -0.4 is 15.4 Å². The molecule has 1 amide bonds. The number of benzene rings is 1. The van der Waals surface area contributed by atoms with Crippen LogP contribution in [0.25, 0.3) is 10.9 Å². The van der Waals surface area contributed by atoms with E-state index in [9.17, 15) is 4.79 Å². The highest BCUT2D eigenvalue weighted by molar-refractivity contribution is 5.98. The average molecular weight is 419 g/mol. The number of hydrogen-bond acceptors (Lipinski definition) is 6. The van der Waals surface area contributed by atoms with Crippen LogP contribution in [-0.2, 0) is 6.42 Å². The fourth-order valence-electron chi connectivity index (χ4n) is 3.17. The maximum atomic E-state index is 12.7. The topological polar surface area (TPSA) is 110 Å². The quantitative estimate of drug-likeness (QED) is 0.419. The first-order chi connectivity index (χ1) is 15.0. The lowest BCUT2D eigenvalue weighted by atomic mass is 10.1. The van der Waals surface area contributed by atoms with Crippen molar-refractivity contribution in [1.29, 1.82) is 0 Å². The minimum atomic E-state index is -0.282. The number of nitrogens with zero attached hydrogens (tertiary/aromatic N) is 4. The standard InChI is InChI=1S/C22H25N7O2/c1-14(2)18-12-20(28-27-18)26-22(30)29-9-7-15-10-17(4-5-19(15)29)31-21-11-16(6-8-23-3)24-13-25-21/h4-5,7,9-14,23H,6,8H2,1-3H3,(H2,26,27,28,30). The molecule has 3 N–H and O–H groups in total. The molecule has 4 rings (SSSR count). The molecule has 31 heavy (non-hydrogen) atoms. The van der Waals surface area contributed by atoms with Crippen LogP contribution in [-0.4, -0.2) is 44.4 Å². The molecular formula is C22H25N7O2. The molecule has 0 saturated heterocycles. The second-order valence-electron chi connectivity index (χ2n) is 7.50. The minimum Gasteiger partial charge on any atom is -0.439 e. The molecule has 3 aromatic heterocycles. The molecule has 0 aliphatic rings. The van der Waals surface area contributed by atoms with E-state index < -0.39 is 0 Å². The Morgan fingerprint density at radius 1 is 1.19 bits per heavy atom. The summed E-state index contributed by atoms with van der Waals surface area (Å²) in [5.41, 5.74) is 2.64. The zero-order valence-electron chi connectivity index (χ0n) is 17.7. The van der Waals surface area contributed by atoms with Gasteiger partial charge in [-0.25, -0.2) is 14.8 Å². The zero-order valence-corrected chi connectivity index (χ0v) is 17.7. The molecule has 0 unspecified atom stereocenters. The number of aromatic amines is 1. The van der Waals surface area contributed by atoms with Crippen molar-refractivity contribution in [1.82, 2.24) is 30.0 Å². The Labute approximate surface area is 179 Å². The van der Waals surface area contributed by atoms with E-state index >= 15 is 0 Å². The van der Waals surface area contributed by atoms with Gasteiger partial charge in [0.05, 0.1) is 5.52 Å². The number of H-pyrrole nitrogens is 1. The number of likely N-dealkylation sites (N-methyl/N-ethyl adjacent to an activating group) is 1. The van der Waals surface area contributed by atoms with Crippen LogP contribution in [0.2, 0.25) is 0 Å². The SMILES string of the molecule is CNCCc1cc(Oc2ccc3c(ccn3C(=O)Nc3cc(C(C)C)[nH]n3)c2)ncn1. The lowest BCUT2D eigenvalue weighted by Gasteiger charge is -2.08. The zero-order chi connectivity index (χ0) is 21.8. The van der Waals surface area contributed by atoms with E-state index in [1.165, 1.54) is 6.33 Å². The van der Waals surface area contributed by atoms with E-state index in [0.717, 1.165) is 35.3 Å². The van der Waals surface area contributed by atoms with Gasteiger partial charge in [0.25, 0.3) is 0 Å². The molecule has 1 aromatic carbocycles. The van der Waals surface area contributed by atoms with Crippen molar-refractivity contribution in [2.45, 2.75) is 26.2 Å². The summed E-state index contributed by atoms with van der Waals surface area (Å²) in [6.45, 7) is 4.95. The second-order valence-corrected chi connectivity index (χ2v) is 7.50. The molecule has 0 atom stereocenters. The van der Waals surface area contributed by atoms with Gasteiger partial charge in [-0.15, -0.1) is 0 Å². The van der Waals surface area contributed by atoms with Crippen molar-refractivity contribution < 1.29 is 9.53 Å². The molecule has 9 heteroatoms. The van der Waals surface area contributed by atoms with Gasteiger partial charge in [-0.05, 0) is 37.2 Å². The van der Waals surface area contributed by atoms with Crippen LogP contribution in [0.15, 0.2) is 48.9 Å². The van der Waals surface area contributed by atoms with Gasteiger partial charge in [-0.2, -0.15) is 5.10 Å². The van der Waals surface area contributed by atoms with Crippen molar-refractivity contribution in [3.8, 4) is 11.6 Å².